The van der Waals surface area contributed by atoms with Gasteiger partial charge >= 0.3 is 0 Å². The van der Waals surface area contributed by atoms with E-state index in [-0.39, 0.29) is 5.92 Å². The van der Waals surface area contributed by atoms with Gasteiger partial charge in [0.25, 0.3) is 5.89 Å². The van der Waals surface area contributed by atoms with Gasteiger partial charge in [-0.25, -0.2) is 0 Å². The molecule has 0 saturated heterocycles. The van der Waals surface area contributed by atoms with Gasteiger partial charge in [0.1, 0.15) is 0 Å². The van der Waals surface area contributed by atoms with Gasteiger partial charge in [0.2, 0.25) is 0 Å². The van der Waals surface area contributed by atoms with Crippen LogP contribution in [0.1, 0.15) is 18.7 Å². The zero-order valence-corrected chi connectivity index (χ0v) is 12.4. The molecule has 0 radical (unpaired) electrons. The van der Waals surface area contributed by atoms with Crippen molar-refractivity contribution in [2.24, 2.45) is 5.73 Å². The molecule has 0 fully saturated rings. The average Bonchev–Trinajstić information content (AvgIpc) is 2.83. The molecule has 2 aromatic heterocycles. The Bertz CT molecular complexity index is 497. The second-order valence-corrected chi connectivity index (χ2v) is 7.08. The highest BCUT2D eigenvalue weighted by atomic mass is 79.9. The third-order valence-electron chi connectivity index (χ3n) is 2.12. The molecule has 0 aromatic carbocycles. The molecule has 4 nitrogen and oxygen atoms in total. The van der Waals surface area contributed by atoms with E-state index in [4.69, 9.17) is 10.3 Å². The summed E-state index contributed by atoms with van der Waals surface area (Å²) in [4.78, 5) is 4.32. The Labute approximate surface area is 113 Å². The minimum absolute atomic E-state index is 0.110. The predicted molar refractivity (Wildman–Crippen MR) is 70.5 cm³/mol. The quantitative estimate of drug-likeness (QED) is 0.904. The van der Waals surface area contributed by atoms with Crippen LogP contribution in [0.25, 0.3) is 11.5 Å². The SMILES string of the molecule is CC(CN)c1noc(-c2cc(Br)sc2Br)n1. The molecule has 7 heteroatoms. The lowest BCUT2D eigenvalue weighted by Crippen LogP contribution is -2.10. The van der Waals surface area contributed by atoms with Crippen molar-refractivity contribution < 1.29 is 4.52 Å². The van der Waals surface area contributed by atoms with Crippen LogP contribution in [-0.2, 0) is 0 Å². The van der Waals surface area contributed by atoms with Crippen molar-refractivity contribution in [2.75, 3.05) is 6.54 Å². The molecule has 1 atom stereocenters. The molecule has 0 saturated carbocycles. The average molecular weight is 367 g/mol. The third kappa shape index (κ3) is 2.37. The number of nitrogens with zero attached hydrogens (tertiary/aromatic N) is 2. The summed E-state index contributed by atoms with van der Waals surface area (Å²) in [6.45, 7) is 2.47. The van der Waals surface area contributed by atoms with Crippen molar-refractivity contribution in [3.8, 4) is 11.5 Å². The maximum absolute atomic E-state index is 5.55. The zero-order valence-electron chi connectivity index (χ0n) is 8.41. The predicted octanol–water partition coefficient (Wildman–Crippen LogP) is 3.39. The van der Waals surface area contributed by atoms with Crippen molar-refractivity contribution in [3.63, 3.8) is 0 Å². The number of halogens is 2. The second kappa shape index (κ2) is 4.95. The summed E-state index contributed by atoms with van der Waals surface area (Å²) >= 11 is 8.43. The van der Waals surface area contributed by atoms with Crippen LogP contribution in [0.3, 0.4) is 0 Å². The molecule has 0 aliphatic rings. The number of hydrogen-bond donors (Lipinski definition) is 1. The van der Waals surface area contributed by atoms with Crippen LogP contribution in [0.5, 0.6) is 0 Å². The van der Waals surface area contributed by atoms with Gasteiger partial charge in [0.15, 0.2) is 5.82 Å². The van der Waals surface area contributed by atoms with Gasteiger partial charge in [-0.3, -0.25) is 0 Å². The summed E-state index contributed by atoms with van der Waals surface area (Å²) in [7, 11) is 0. The fraction of sp³-hybridized carbons (Fsp3) is 0.333. The van der Waals surface area contributed by atoms with Crippen LogP contribution < -0.4 is 5.73 Å². The molecule has 0 amide bonds. The van der Waals surface area contributed by atoms with E-state index < -0.39 is 0 Å². The summed E-state index contributed by atoms with van der Waals surface area (Å²) < 4.78 is 7.19. The van der Waals surface area contributed by atoms with E-state index in [2.05, 4.69) is 42.0 Å². The lowest BCUT2D eigenvalue weighted by molar-refractivity contribution is 0.418. The number of aromatic nitrogens is 2. The van der Waals surface area contributed by atoms with E-state index in [1.807, 2.05) is 13.0 Å². The van der Waals surface area contributed by atoms with E-state index in [0.717, 1.165) is 13.1 Å². The van der Waals surface area contributed by atoms with Crippen LogP contribution in [0, 0.1) is 0 Å². The molecular weight excluding hydrogens is 358 g/mol. The van der Waals surface area contributed by atoms with Gasteiger partial charge in [-0.1, -0.05) is 12.1 Å². The van der Waals surface area contributed by atoms with Crippen LogP contribution in [0.4, 0.5) is 0 Å². The van der Waals surface area contributed by atoms with Crippen LogP contribution in [0.15, 0.2) is 18.2 Å². The first kappa shape index (κ1) is 12.2. The topological polar surface area (TPSA) is 64.9 Å². The van der Waals surface area contributed by atoms with Crippen LogP contribution in [0.2, 0.25) is 0 Å². The molecule has 2 N–H and O–H groups in total. The highest BCUT2D eigenvalue weighted by Crippen LogP contribution is 2.37. The summed E-state index contributed by atoms with van der Waals surface area (Å²) in [5.74, 6) is 1.27. The molecule has 86 valence electrons. The van der Waals surface area contributed by atoms with Gasteiger partial charge in [0.05, 0.1) is 13.1 Å². The molecule has 0 aliphatic heterocycles. The molecule has 16 heavy (non-hydrogen) atoms. The van der Waals surface area contributed by atoms with Gasteiger partial charge in [0, 0.05) is 12.5 Å². The van der Waals surface area contributed by atoms with Gasteiger partial charge in [-0.2, -0.15) is 4.98 Å². The van der Waals surface area contributed by atoms with E-state index >= 15 is 0 Å². The Balaban J connectivity index is 2.35. The van der Waals surface area contributed by atoms with E-state index in [1.165, 1.54) is 0 Å². The molecule has 0 aliphatic carbocycles. The minimum Gasteiger partial charge on any atom is -0.334 e. The lowest BCUT2D eigenvalue weighted by Gasteiger charge is -1.98. The lowest BCUT2D eigenvalue weighted by atomic mass is 10.2. The Morgan fingerprint density at radius 1 is 1.56 bits per heavy atom. The summed E-state index contributed by atoms with van der Waals surface area (Å²) in [6, 6.07) is 1.94. The molecule has 1 unspecified atom stereocenters. The number of thiophene rings is 1. The molecule has 2 rings (SSSR count). The first-order chi connectivity index (χ1) is 7.61. The smallest absolute Gasteiger partial charge is 0.259 e. The molecule has 2 heterocycles. The number of rotatable bonds is 3. The number of nitrogens with two attached hydrogens (primary N) is 1. The van der Waals surface area contributed by atoms with Gasteiger partial charge in [-0.05, 0) is 37.9 Å². The fourth-order valence-corrected chi connectivity index (χ4v) is 3.91. The first-order valence-corrected chi connectivity index (χ1v) is 7.01. The largest absolute Gasteiger partial charge is 0.334 e. The number of hydrogen-bond acceptors (Lipinski definition) is 5. The van der Waals surface area contributed by atoms with E-state index in [9.17, 15) is 0 Å². The van der Waals surface area contributed by atoms with Crippen molar-refractivity contribution in [2.45, 2.75) is 12.8 Å². The van der Waals surface area contributed by atoms with Crippen molar-refractivity contribution >= 4 is 43.2 Å². The Morgan fingerprint density at radius 2 is 2.31 bits per heavy atom. The van der Waals surface area contributed by atoms with Crippen molar-refractivity contribution in [3.05, 3.63) is 19.5 Å². The summed E-state index contributed by atoms with van der Waals surface area (Å²) in [5.41, 5.74) is 6.45. The highest BCUT2D eigenvalue weighted by molar-refractivity contribution is 9.12. The maximum Gasteiger partial charge on any atom is 0.259 e. The molecular formula is C9H9Br2N3OS. The van der Waals surface area contributed by atoms with E-state index in [0.29, 0.717) is 18.3 Å². The maximum atomic E-state index is 5.55. The minimum atomic E-state index is 0.110. The summed E-state index contributed by atoms with van der Waals surface area (Å²) in [6.07, 6.45) is 0. The second-order valence-electron chi connectivity index (χ2n) is 3.33. The normalized spacial score (nSPS) is 13.0. The highest BCUT2D eigenvalue weighted by Gasteiger charge is 2.17. The molecule has 0 spiro atoms. The zero-order chi connectivity index (χ0) is 11.7. The summed E-state index contributed by atoms with van der Waals surface area (Å²) in [5, 5.41) is 3.92. The third-order valence-corrected chi connectivity index (χ3v) is 4.46. The van der Waals surface area contributed by atoms with Gasteiger partial charge in [-0.15, -0.1) is 11.3 Å². The van der Waals surface area contributed by atoms with Crippen LogP contribution in [-0.4, -0.2) is 16.7 Å². The Kier molecular flexibility index (Phi) is 3.78. The molecule has 2 aromatic rings. The van der Waals surface area contributed by atoms with Crippen molar-refractivity contribution in [1.82, 2.24) is 10.1 Å². The Hall–Kier alpha value is -0.240. The molecule has 0 bridgehead atoms. The van der Waals surface area contributed by atoms with Crippen LogP contribution >= 0.6 is 43.2 Å². The Morgan fingerprint density at radius 3 is 2.88 bits per heavy atom. The van der Waals surface area contributed by atoms with Gasteiger partial charge < -0.3 is 10.3 Å². The van der Waals surface area contributed by atoms with Crippen molar-refractivity contribution in [1.29, 1.82) is 0 Å². The fourth-order valence-electron chi connectivity index (χ4n) is 1.14. The first-order valence-electron chi connectivity index (χ1n) is 4.60. The standard InChI is InChI=1S/C9H9Br2N3OS/c1-4(3-12)8-13-9(15-14-8)5-2-6(10)16-7(5)11/h2,4H,3,12H2,1H3. The van der Waals surface area contributed by atoms with E-state index in [1.54, 1.807) is 11.3 Å². The monoisotopic (exact) mass is 365 g/mol.